The lowest BCUT2D eigenvalue weighted by atomic mass is 9.93. The SMILES string of the molecule is COc1cc(C)c(C(C)NC(=O)CN(c2ccccc2Br)S(C)(=O)=O)cc1C(C)C. The summed E-state index contributed by atoms with van der Waals surface area (Å²) in [6.45, 7) is 7.72. The first-order valence-electron chi connectivity index (χ1n) is 9.65. The summed E-state index contributed by atoms with van der Waals surface area (Å²) in [5, 5.41) is 2.93. The van der Waals surface area contributed by atoms with E-state index in [1.807, 2.05) is 26.0 Å². The third-order valence-electron chi connectivity index (χ3n) is 4.89. The topological polar surface area (TPSA) is 75.7 Å². The summed E-state index contributed by atoms with van der Waals surface area (Å²) in [7, 11) is -2.00. The highest BCUT2D eigenvalue weighted by Crippen LogP contribution is 2.32. The van der Waals surface area contributed by atoms with E-state index in [1.54, 1.807) is 31.4 Å². The van der Waals surface area contributed by atoms with E-state index >= 15 is 0 Å². The highest BCUT2D eigenvalue weighted by molar-refractivity contribution is 9.10. The van der Waals surface area contributed by atoms with Gasteiger partial charge < -0.3 is 10.1 Å². The summed E-state index contributed by atoms with van der Waals surface area (Å²) in [6.07, 6.45) is 1.09. The van der Waals surface area contributed by atoms with Gasteiger partial charge in [-0.3, -0.25) is 9.10 Å². The number of amides is 1. The van der Waals surface area contributed by atoms with Crippen molar-refractivity contribution in [2.24, 2.45) is 0 Å². The number of ether oxygens (including phenoxy) is 1. The number of hydrogen-bond donors (Lipinski definition) is 1. The van der Waals surface area contributed by atoms with E-state index in [-0.39, 0.29) is 24.4 Å². The van der Waals surface area contributed by atoms with E-state index in [0.717, 1.165) is 33.0 Å². The Morgan fingerprint density at radius 3 is 2.33 bits per heavy atom. The molecule has 0 radical (unpaired) electrons. The monoisotopic (exact) mass is 496 g/mol. The molecule has 0 aliphatic rings. The predicted octanol–water partition coefficient (Wildman–Crippen LogP) is 4.53. The van der Waals surface area contributed by atoms with Gasteiger partial charge in [-0.2, -0.15) is 0 Å². The minimum Gasteiger partial charge on any atom is -0.496 e. The molecule has 0 heterocycles. The van der Waals surface area contributed by atoms with Gasteiger partial charge in [-0.25, -0.2) is 8.42 Å². The molecule has 0 spiro atoms. The molecule has 0 aliphatic carbocycles. The van der Waals surface area contributed by atoms with Gasteiger partial charge in [0.15, 0.2) is 0 Å². The number of halogens is 1. The number of aryl methyl sites for hydroxylation is 1. The minimum absolute atomic E-state index is 0.262. The third-order valence-corrected chi connectivity index (χ3v) is 6.69. The zero-order valence-corrected chi connectivity index (χ0v) is 20.6. The van der Waals surface area contributed by atoms with Crippen molar-refractivity contribution in [2.45, 2.75) is 39.7 Å². The van der Waals surface area contributed by atoms with Crippen molar-refractivity contribution in [3.8, 4) is 5.75 Å². The number of carbonyl (C=O) groups excluding carboxylic acids is 1. The summed E-state index contributed by atoms with van der Waals surface area (Å²) in [5.74, 6) is 0.699. The zero-order valence-electron chi connectivity index (χ0n) is 18.2. The Morgan fingerprint density at radius 1 is 1.17 bits per heavy atom. The fraction of sp³-hybridized carbons (Fsp3) is 0.409. The van der Waals surface area contributed by atoms with Crippen molar-refractivity contribution in [2.75, 3.05) is 24.2 Å². The number of methoxy groups -OCH3 is 1. The first-order chi connectivity index (χ1) is 14.0. The molecule has 1 N–H and O–H groups in total. The van der Waals surface area contributed by atoms with Gasteiger partial charge >= 0.3 is 0 Å². The Labute approximate surface area is 187 Å². The van der Waals surface area contributed by atoms with Crippen LogP contribution in [0.15, 0.2) is 40.9 Å². The highest BCUT2D eigenvalue weighted by Gasteiger charge is 2.24. The molecule has 0 saturated heterocycles. The molecule has 164 valence electrons. The van der Waals surface area contributed by atoms with Crippen LogP contribution in [0.3, 0.4) is 0 Å². The van der Waals surface area contributed by atoms with Crippen LogP contribution in [0.4, 0.5) is 5.69 Å². The van der Waals surface area contributed by atoms with Gasteiger partial charge in [0.05, 0.1) is 25.1 Å². The zero-order chi connectivity index (χ0) is 22.6. The number of hydrogen-bond acceptors (Lipinski definition) is 4. The molecule has 2 aromatic rings. The van der Waals surface area contributed by atoms with Crippen LogP contribution in [0, 0.1) is 6.92 Å². The number of benzene rings is 2. The van der Waals surface area contributed by atoms with E-state index < -0.39 is 10.0 Å². The Balaban J connectivity index is 2.27. The van der Waals surface area contributed by atoms with E-state index in [4.69, 9.17) is 4.74 Å². The number of rotatable bonds is 8. The van der Waals surface area contributed by atoms with E-state index in [2.05, 4.69) is 35.1 Å². The molecule has 6 nitrogen and oxygen atoms in total. The second-order valence-corrected chi connectivity index (χ2v) is 10.4. The lowest BCUT2D eigenvalue weighted by molar-refractivity contribution is -0.120. The molecule has 2 aromatic carbocycles. The van der Waals surface area contributed by atoms with Gasteiger partial charge in [0.1, 0.15) is 12.3 Å². The molecule has 8 heteroatoms. The van der Waals surface area contributed by atoms with Crippen LogP contribution in [0.25, 0.3) is 0 Å². The third kappa shape index (κ3) is 5.76. The fourth-order valence-corrected chi connectivity index (χ4v) is 4.83. The molecular weight excluding hydrogens is 468 g/mol. The van der Waals surface area contributed by atoms with Gasteiger partial charge in [0, 0.05) is 4.47 Å². The van der Waals surface area contributed by atoms with Crippen molar-refractivity contribution in [3.05, 3.63) is 57.6 Å². The first-order valence-corrected chi connectivity index (χ1v) is 12.3. The van der Waals surface area contributed by atoms with Crippen molar-refractivity contribution >= 4 is 37.5 Å². The molecule has 1 atom stereocenters. The summed E-state index contributed by atoms with van der Waals surface area (Å²) < 4.78 is 31.8. The maximum absolute atomic E-state index is 12.8. The van der Waals surface area contributed by atoms with E-state index in [9.17, 15) is 13.2 Å². The Bertz CT molecular complexity index is 1020. The normalized spacial score (nSPS) is 12.5. The summed E-state index contributed by atoms with van der Waals surface area (Å²) >= 11 is 3.36. The largest absolute Gasteiger partial charge is 0.496 e. The minimum atomic E-state index is -3.65. The van der Waals surface area contributed by atoms with Crippen molar-refractivity contribution in [1.29, 1.82) is 0 Å². The Kier molecular flexibility index (Phi) is 7.93. The molecule has 1 amide bonds. The van der Waals surface area contributed by atoms with E-state index in [1.165, 1.54) is 0 Å². The van der Waals surface area contributed by atoms with Crippen LogP contribution in [0.5, 0.6) is 5.75 Å². The quantitative estimate of drug-likeness (QED) is 0.582. The molecule has 0 saturated carbocycles. The van der Waals surface area contributed by atoms with Crippen LogP contribution in [-0.2, 0) is 14.8 Å². The van der Waals surface area contributed by atoms with Crippen molar-refractivity contribution < 1.29 is 17.9 Å². The molecule has 0 aromatic heterocycles. The second kappa shape index (κ2) is 9.83. The summed E-state index contributed by atoms with van der Waals surface area (Å²) in [4.78, 5) is 12.8. The maximum atomic E-state index is 12.8. The van der Waals surface area contributed by atoms with Gasteiger partial charge in [-0.05, 0) is 76.7 Å². The molecule has 1 unspecified atom stereocenters. The standard InChI is InChI=1S/C22H29BrN2O4S/c1-14(2)17-12-18(15(3)11-21(17)29-5)16(4)24-22(26)13-25(30(6,27)28)20-10-8-7-9-19(20)23/h7-12,14,16H,13H2,1-6H3,(H,24,26). The average Bonchev–Trinajstić information content (AvgIpc) is 2.65. The lowest BCUT2D eigenvalue weighted by Crippen LogP contribution is -2.41. The molecule has 0 aliphatic heterocycles. The smallest absolute Gasteiger partial charge is 0.241 e. The van der Waals surface area contributed by atoms with Crippen LogP contribution in [0.1, 0.15) is 49.4 Å². The Hall–Kier alpha value is -2.06. The van der Waals surface area contributed by atoms with Gasteiger partial charge in [-0.1, -0.05) is 26.0 Å². The van der Waals surface area contributed by atoms with Crippen LogP contribution >= 0.6 is 15.9 Å². The molecular formula is C22H29BrN2O4S. The predicted molar refractivity (Wildman–Crippen MR) is 125 cm³/mol. The first kappa shape index (κ1) is 24.2. The van der Waals surface area contributed by atoms with Gasteiger partial charge in [0.2, 0.25) is 15.9 Å². The number of nitrogens with zero attached hydrogens (tertiary/aromatic N) is 1. The number of carbonyl (C=O) groups is 1. The lowest BCUT2D eigenvalue weighted by Gasteiger charge is -2.25. The maximum Gasteiger partial charge on any atom is 0.241 e. The molecule has 30 heavy (non-hydrogen) atoms. The molecule has 0 fully saturated rings. The molecule has 0 bridgehead atoms. The average molecular weight is 497 g/mol. The van der Waals surface area contributed by atoms with Crippen LogP contribution in [-0.4, -0.2) is 34.2 Å². The molecule has 2 rings (SSSR count). The summed E-state index contributed by atoms with van der Waals surface area (Å²) in [6, 6.07) is 10.6. The second-order valence-electron chi connectivity index (χ2n) is 7.62. The van der Waals surface area contributed by atoms with Crippen molar-refractivity contribution in [1.82, 2.24) is 5.32 Å². The fourth-order valence-electron chi connectivity index (χ4n) is 3.34. The highest BCUT2D eigenvalue weighted by atomic mass is 79.9. The Morgan fingerprint density at radius 2 is 1.80 bits per heavy atom. The van der Waals surface area contributed by atoms with Crippen LogP contribution in [0.2, 0.25) is 0 Å². The van der Waals surface area contributed by atoms with Gasteiger partial charge in [-0.15, -0.1) is 0 Å². The number of nitrogens with one attached hydrogen (secondary N) is 1. The number of para-hydroxylation sites is 1. The summed E-state index contributed by atoms with van der Waals surface area (Å²) in [5.41, 5.74) is 3.45. The van der Waals surface area contributed by atoms with Crippen LogP contribution < -0.4 is 14.4 Å². The van der Waals surface area contributed by atoms with Crippen molar-refractivity contribution in [3.63, 3.8) is 0 Å². The number of sulfonamides is 1. The van der Waals surface area contributed by atoms with E-state index in [0.29, 0.717) is 10.2 Å². The number of anilines is 1. The van der Waals surface area contributed by atoms with Gasteiger partial charge in [0.25, 0.3) is 0 Å².